The molecule has 4 aromatic rings. The number of nitrogens with two attached hydrogens (primary N) is 2. The minimum Gasteiger partial charge on any atom is -0.427 e. The van der Waals surface area contributed by atoms with Crippen molar-refractivity contribution in [3.05, 3.63) is 84.1 Å². The number of benzene rings is 2. The number of unbranched alkanes of at least 4 members (excludes halogenated alkanes) is 1. The van der Waals surface area contributed by atoms with Gasteiger partial charge in [0.15, 0.2) is 0 Å². The molecule has 512 valence electrons. The van der Waals surface area contributed by atoms with Gasteiger partial charge < -0.3 is 73.7 Å². The molecular formula is C66H102N14O12Si. The largest absolute Gasteiger partial charge is 0.427 e. The molecule has 0 bridgehead atoms. The van der Waals surface area contributed by atoms with Crippen LogP contribution in [0.5, 0.6) is 0 Å². The Bertz CT molecular complexity index is 3170. The maximum absolute atomic E-state index is 14.3. The van der Waals surface area contributed by atoms with E-state index < -0.39 is 122 Å². The number of hydrogen-bond donors (Lipinski definition) is 13. The SMILES string of the molecule is CCC(C)C(CCC(=O)N[C@@H](CC(C)C)C(N)=O)NC(=O)[C@H](Cc1cncn1C)NC(=O)CNC(=O)[C@@H](NC(=O)[C@H](C)NC(=O)[C@H](Cc1c[nH]c2ccccc12)NC(=O)[C@H](CCC(N)=O)NC(=O)CCCCNC(=O)Cc1ccc([Si](O)(C(C)C)C(C)C)cc1)C(C)C. The Morgan fingerprint density at radius 2 is 1.24 bits per heavy atom. The molecule has 27 heteroatoms. The van der Waals surface area contributed by atoms with Crippen molar-refractivity contribution in [1.29, 1.82) is 0 Å². The van der Waals surface area contributed by atoms with Crippen molar-refractivity contribution >= 4 is 89.4 Å². The van der Waals surface area contributed by atoms with Gasteiger partial charge in [-0.2, -0.15) is 0 Å². The molecule has 93 heavy (non-hydrogen) atoms. The van der Waals surface area contributed by atoms with Crippen molar-refractivity contribution in [2.75, 3.05) is 13.1 Å². The summed E-state index contributed by atoms with van der Waals surface area (Å²) in [5.41, 5.74) is 14.0. The van der Waals surface area contributed by atoms with Crippen molar-refractivity contribution in [3.8, 4) is 0 Å². The van der Waals surface area contributed by atoms with Crippen LogP contribution in [0.4, 0.5) is 0 Å². The van der Waals surface area contributed by atoms with E-state index in [1.165, 1.54) is 6.92 Å². The molecule has 2 aromatic carbocycles. The molecule has 11 amide bonds. The number of fused-ring (bicyclic) bond motifs is 1. The molecule has 2 unspecified atom stereocenters. The molecule has 0 spiro atoms. The van der Waals surface area contributed by atoms with Crippen molar-refractivity contribution < 1.29 is 57.5 Å². The van der Waals surface area contributed by atoms with E-state index >= 15 is 0 Å². The molecule has 0 saturated carbocycles. The van der Waals surface area contributed by atoms with Gasteiger partial charge in [-0.1, -0.05) is 118 Å². The third-order valence-corrected chi connectivity index (χ3v) is 21.7. The van der Waals surface area contributed by atoms with E-state index in [4.69, 9.17) is 11.5 Å². The van der Waals surface area contributed by atoms with Crippen LogP contribution in [-0.2, 0) is 79.1 Å². The Labute approximate surface area is 547 Å². The van der Waals surface area contributed by atoms with Gasteiger partial charge in [0, 0.05) is 80.7 Å². The molecule has 2 aromatic heterocycles. The highest BCUT2D eigenvalue weighted by atomic mass is 28.4. The molecule has 0 radical (unpaired) electrons. The van der Waals surface area contributed by atoms with Crippen LogP contribution in [-0.4, -0.2) is 148 Å². The van der Waals surface area contributed by atoms with Crippen LogP contribution in [0.2, 0.25) is 11.1 Å². The third-order valence-electron chi connectivity index (χ3n) is 16.9. The predicted molar refractivity (Wildman–Crippen MR) is 357 cm³/mol. The van der Waals surface area contributed by atoms with E-state index in [1.807, 2.05) is 97.9 Å². The minimum absolute atomic E-state index is 0.00798. The number of nitrogens with zero attached hydrogens (tertiary/aromatic N) is 2. The van der Waals surface area contributed by atoms with E-state index in [0.717, 1.165) is 21.7 Å². The topological polar surface area (TPSA) is 402 Å². The normalized spacial score (nSPS) is 14.2. The predicted octanol–water partition coefficient (Wildman–Crippen LogP) is 1.99. The van der Waals surface area contributed by atoms with E-state index in [9.17, 15) is 57.5 Å². The molecule has 0 aliphatic heterocycles. The second kappa shape index (κ2) is 37.3. The lowest BCUT2D eigenvalue weighted by atomic mass is 9.94. The summed E-state index contributed by atoms with van der Waals surface area (Å²) in [6, 6.07) is 7.07. The fourth-order valence-corrected chi connectivity index (χ4v) is 14.4. The second-order valence-electron chi connectivity index (χ2n) is 25.8. The summed E-state index contributed by atoms with van der Waals surface area (Å²) in [7, 11) is -0.999. The Hall–Kier alpha value is -8.46. The Balaban J connectivity index is 1.39. The van der Waals surface area contributed by atoms with Crippen molar-refractivity contribution in [1.82, 2.24) is 62.4 Å². The number of hydrogen-bond acceptors (Lipinski definition) is 13. The minimum atomic E-state index is -2.73. The molecule has 4 rings (SSSR count). The first-order valence-electron chi connectivity index (χ1n) is 32.4. The van der Waals surface area contributed by atoms with Gasteiger partial charge in [0.25, 0.3) is 0 Å². The van der Waals surface area contributed by atoms with Crippen LogP contribution in [0.1, 0.15) is 151 Å². The molecule has 2 heterocycles. The van der Waals surface area contributed by atoms with Gasteiger partial charge in [-0.25, -0.2) is 4.98 Å². The summed E-state index contributed by atoms with van der Waals surface area (Å²) in [6.45, 7) is 20.1. The van der Waals surface area contributed by atoms with Crippen LogP contribution in [0, 0.1) is 17.8 Å². The van der Waals surface area contributed by atoms with Gasteiger partial charge >= 0.3 is 0 Å². The molecular weight excluding hydrogens is 1210 g/mol. The first-order chi connectivity index (χ1) is 43.8. The number of H-pyrrole nitrogens is 1. The monoisotopic (exact) mass is 1310 g/mol. The average Bonchev–Trinajstić information content (AvgIpc) is 1.59. The van der Waals surface area contributed by atoms with E-state index in [-0.39, 0.29) is 86.7 Å². The Morgan fingerprint density at radius 3 is 1.84 bits per heavy atom. The molecule has 0 fully saturated rings. The van der Waals surface area contributed by atoms with Gasteiger partial charge in [0.1, 0.15) is 36.3 Å². The van der Waals surface area contributed by atoms with E-state index in [0.29, 0.717) is 36.9 Å². The van der Waals surface area contributed by atoms with Crippen LogP contribution in [0.15, 0.2) is 67.3 Å². The maximum Gasteiger partial charge on any atom is 0.243 e. The zero-order chi connectivity index (χ0) is 69.3. The van der Waals surface area contributed by atoms with Crippen molar-refractivity contribution in [2.45, 2.75) is 207 Å². The molecule has 8 atom stereocenters. The zero-order valence-corrected chi connectivity index (χ0v) is 57.2. The number of aromatic nitrogens is 3. The highest BCUT2D eigenvalue weighted by Gasteiger charge is 2.41. The lowest BCUT2D eigenvalue weighted by Crippen LogP contribution is -2.59. The number of imidazole rings is 1. The number of aromatic amines is 1. The second-order valence-corrected chi connectivity index (χ2v) is 30.3. The first-order valence-corrected chi connectivity index (χ1v) is 34.5. The first kappa shape index (κ1) is 77.0. The van der Waals surface area contributed by atoms with Gasteiger partial charge in [-0.15, -0.1) is 0 Å². The van der Waals surface area contributed by atoms with Crippen molar-refractivity contribution in [3.63, 3.8) is 0 Å². The lowest BCUT2D eigenvalue weighted by Gasteiger charge is -2.33. The average molecular weight is 1310 g/mol. The lowest BCUT2D eigenvalue weighted by molar-refractivity contribution is -0.135. The number of aryl methyl sites for hydroxylation is 1. The van der Waals surface area contributed by atoms with Gasteiger partial charge in [-0.3, -0.25) is 52.7 Å². The third kappa shape index (κ3) is 24.5. The van der Waals surface area contributed by atoms with E-state index in [1.54, 1.807) is 50.2 Å². The van der Waals surface area contributed by atoms with Gasteiger partial charge in [0.2, 0.25) is 73.3 Å². The van der Waals surface area contributed by atoms with Gasteiger partial charge in [0.05, 0.1) is 19.3 Å². The summed E-state index contributed by atoms with van der Waals surface area (Å²) in [5.74, 6) is -7.52. The summed E-state index contributed by atoms with van der Waals surface area (Å²) >= 11 is 0. The maximum atomic E-state index is 14.3. The van der Waals surface area contributed by atoms with Crippen LogP contribution >= 0.6 is 0 Å². The number of nitrogens with one attached hydrogen (secondary N) is 10. The standard InChI is InChI=1S/C66H102N14O12Si/c1-13-42(10)49(26-28-57(83)75-52(61(68)86)30-38(2)3)77-65(90)54(33-46-35-69-37-80(46)12)76-59(85)36-72-66(91)60(39(4)5)79-62(87)43(11)73-64(89)53(32-45-34-71-50-19-15-14-18-48(45)50)78-63(88)51(25-27-55(67)81)74-56(82)20-16-17-29-70-58(84)31-44-21-23-47(24-22-44)93(92,40(6)7)41(8)9/h14-15,18-19,21-24,34-35,37-43,49,51-54,60,71,92H,13,16-17,20,25-33,36H2,1-12H3,(H2,67,81)(H2,68,86)(H,70,84)(H,72,91)(H,73,89)(H,74,82)(H,75,83)(H,76,85)(H,77,90)(H,78,88)(H,79,87)/t42?,43-,49?,51-,52-,53-,54-,60-/m0/s1. The summed E-state index contributed by atoms with van der Waals surface area (Å²) in [4.78, 5) is 166. The van der Waals surface area contributed by atoms with Crippen molar-refractivity contribution in [2.24, 2.45) is 36.3 Å². The number of para-hydroxylation sites is 1. The summed E-state index contributed by atoms with van der Waals surface area (Å²) in [5, 5.41) is 26.2. The summed E-state index contributed by atoms with van der Waals surface area (Å²) < 4.78 is 1.69. The Kier molecular flexibility index (Phi) is 30.9. The van der Waals surface area contributed by atoms with Crippen LogP contribution in [0.25, 0.3) is 10.9 Å². The molecule has 0 saturated heterocycles. The Morgan fingerprint density at radius 1 is 0.624 bits per heavy atom. The number of primary amides is 2. The molecule has 26 nitrogen and oxygen atoms in total. The number of carbonyl (C=O) groups excluding carboxylic acids is 11. The fraction of sp³-hybridized carbons (Fsp3) is 0.576. The number of carbonyl (C=O) groups is 11. The van der Waals surface area contributed by atoms with Gasteiger partial charge in [-0.05, 0) is 90.2 Å². The quantitative estimate of drug-likeness (QED) is 0.0224. The van der Waals surface area contributed by atoms with Crippen LogP contribution in [0.3, 0.4) is 0 Å². The van der Waals surface area contributed by atoms with Crippen LogP contribution < -0.4 is 64.5 Å². The number of rotatable bonds is 40. The smallest absolute Gasteiger partial charge is 0.243 e. The summed E-state index contributed by atoms with van der Waals surface area (Å²) in [6.07, 6.45) is 6.25. The highest BCUT2D eigenvalue weighted by molar-refractivity contribution is 6.87. The molecule has 0 aliphatic carbocycles. The highest BCUT2D eigenvalue weighted by Crippen LogP contribution is 2.29. The molecule has 0 aliphatic rings. The molecule has 15 N–H and O–H groups in total. The van der Waals surface area contributed by atoms with E-state index in [2.05, 4.69) is 57.8 Å². The zero-order valence-electron chi connectivity index (χ0n) is 56.2. The fourth-order valence-electron chi connectivity index (χ4n) is 11.0. The number of amides is 11.